The van der Waals surface area contributed by atoms with Crippen LogP contribution in [0.1, 0.15) is 32.0 Å². The average Bonchev–Trinajstić information content (AvgIpc) is 2.61. The number of rotatable bonds is 2. The topological polar surface area (TPSA) is 74.1 Å². The summed E-state index contributed by atoms with van der Waals surface area (Å²) in [5.41, 5.74) is 1.24. The third kappa shape index (κ3) is 2.31. The second-order valence-electron chi connectivity index (χ2n) is 7.30. The molecule has 6 heteroatoms. The van der Waals surface area contributed by atoms with Crippen LogP contribution in [-0.4, -0.2) is 27.6 Å². The molecule has 1 saturated carbocycles. The normalized spacial score (nSPS) is 28.0. The predicted octanol–water partition coefficient (Wildman–Crippen LogP) is 2.55. The molecule has 0 aromatic carbocycles. The molecule has 1 fully saturated rings. The van der Waals surface area contributed by atoms with Crippen molar-refractivity contribution in [1.29, 1.82) is 0 Å². The Labute approximate surface area is 145 Å². The molecular weight excluding hydrogens is 318 g/mol. The van der Waals surface area contributed by atoms with E-state index in [2.05, 4.69) is 23.0 Å². The van der Waals surface area contributed by atoms with Crippen molar-refractivity contribution in [3.05, 3.63) is 40.6 Å². The van der Waals surface area contributed by atoms with Crippen molar-refractivity contribution in [1.82, 2.24) is 14.5 Å². The van der Waals surface area contributed by atoms with Crippen molar-refractivity contribution in [2.24, 2.45) is 17.3 Å². The molecular formula is C19H21N3O3. The van der Waals surface area contributed by atoms with Gasteiger partial charge >= 0.3 is 5.97 Å². The van der Waals surface area contributed by atoms with Crippen LogP contribution in [-0.2, 0) is 9.53 Å². The lowest BCUT2D eigenvalue weighted by Crippen LogP contribution is -2.43. The van der Waals surface area contributed by atoms with Gasteiger partial charge in [-0.3, -0.25) is 14.2 Å². The maximum atomic E-state index is 12.2. The highest BCUT2D eigenvalue weighted by atomic mass is 16.5. The summed E-state index contributed by atoms with van der Waals surface area (Å²) >= 11 is 0. The number of aryl methyl sites for hydroxylation is 1. The SMILES string of the molecule is COC(=O)[C@H]1C[C@H]2CC[C@@]1(C)C=C2n1c(C)nc(=O)c2cccnc21. The fraction of sp³-hybridized carbons (Fsp3) is 0.474. The standard InChI is InChI=1S/C19H21N3O3/c1-11-21-17(23)13-5-4-8-20-16(13)22(11)15-10-19(2)7-6-12(15)9-14(19)18(24)25-3/h4-5,8,10,12,14H,6-7,9H2,1-3H3/t12-,14-,19+/m1/s1. The van der Waals surface area contributed by atoms with Gasteiger partial charge in [-0.1, -0.05) is 13.0 Å². The van der Waals surface area contributed by atoms with Gasteiger partial charge in [0.05, 0.1) is 18.4 Å². The van der Waals surface area contributed by atoms with E-state index in [0.717, 1.165) is 25.0 Å². The van der Waals surface area contributed by atoms with E-state index < -0.39 is 0 Å². The number of pyridine rings is 1. The van der Waals surface area contributed by atoms with Crippen LogP contribution in [0.2, 0.25) is 0 Å². The van der Waals surface area contributed by atoms with Gasteiger partial charge in [-0.05, 0) is 38.3 Å². The molecule has 0 aliphatic heterocycles. The zero-order chi connectivity index (χ0) is 17.8. The molecule has 3 aliphatic rings. The predicted molar refractivity (Wildman–Crippen MR) is 93.8 cm³/mol. The zero-order valence-corrected chi connectivity index (χ0v) is 14.7. The summed E-state index contributed by atoms with van der Waals surface area (Å²) in [5, 5.41) is 0.519. The van der Waals surface area contributed by atoms with Crippen LogP contribution in [0.25, 0.3) is 16.7 Å². The average molecular weight is 339 g/mol. The summed E-state index contributed by atoms with van der Waals surface area (Å²) in [6.45, 7) is 3.95. The molecule has 2 aromatic rings. The Kier molecular flexibility index (Phi) is 3.52. The van der Waals surface area contributed by atoms with Crippen LogP contribution in [0.15, 0.2) is 29.2 Å². The van der Waals surface area contributed by atoms with Crippen LogP contribution in [0.3, 0.4) is 0 Å². The molecule has 0 amide bonds. The first kappa shape index (κ1) is 16.0. The summed E-state index contributed by atoms with van der Waals surface area (Å²) in [5.74, 6) is 0.611. The van der Waals surface area contributed by atoms with Gasteiger partial charge < -0.3 is 4.74 Å². The van der Waals surface area contributed by atoms with Crippen molar-refractivity contribution in [2.75, 3.05) is 7.11 Å². The van der Waals surface area contributed by atoms with Crippen molar-refractivity contribution < 1.29 is 9.53 Å². The summed E-state index contributed by atoms with van der Waals surface area (Å²) < 4.78 is 7.01. The number of methoxy groups -OCH3 is 1. The minimum Gasteiger partial charge on any atom is -0.469 e. The van der Waals surface area contributed by atoms with Crippen LogP contribution < -0.4 is 5.56 Å². The fourth-order valence-corrected chi connectivity index (χ4v) is 4.44. The molecule has 0 N–H and O–H groups in total. The Morgan fingerprint density at radius 1 is 1.44 bits per heavy atom. The Hall–Kier alpha value is -2.50. The Balaban J connectivity index is 1.93. The molecule has 0 spiro atoms. The van der Waals surface area contributed by atoms with Gasteiger partial charge in [0.2, 0.25) is 0 Å². The summed E-state index contributed by atoms with van der Waals surface area (Å²) in [6.07, 6.45) is 6.60. The van der Waals surface area contributed by atoms with Crippen LogP contribution >= 0.6 is 0 Å². The van der Waals surface area contributed by atoms with Crippen LogP contribution in [0.4, 0.5) is 0 Å². The highest BCUT2D eigenvalue weighted by Gasteiger charge is 2.49. The Morgan fingerprint density at radius 2 is 2.24 bits per heavy atom. The molecule has 5 rings (SSSR count). The number of allylic oxidation sites excluding steroid dienone is 2. The summed E-state index contributed by atoms with van der Waals surface area (Å²) in [4.78, 5) is 33.0. The number of ether oxygens (including phenoxy) is 1. The van der Waals surface area contributed by atoms with E-state index in [1.165, 1.54) is 7.11 Å². The first-order valence-electron chi connectivity index (χ1n) is 8.60. The third-order valence-corrected chi connectivity index (χ3v) is 5.80. The molecule has 0 radical (unpaired) electrons. The summed E-state index contributed by atoms with van der Waals surface area (Å²) in [7, 11) is 1.45. The zero-order valence-electron chi connectivity index (χ0n) is 14.7. The number of carbonyl (C=O) groups is 1. The van der Waals surface area contributed by atoms with Crippen molar-refractivity contribution in [3.63, 3.8) is 0 Å². The van der Waals surface area contributed by atoms with E-state index in [4.69, 9.17) is 4.74 Å². The van der Waals surface area contributed by atoms with Crippen LogP contribution in [0.5, 0.6) is 0 Å². The smallest absolute Gasteiger partial charge is 0.309 e. The number of aromatic nitrogens is 3. The summed E-state index contributed by atoms with van der Waals surface area (Å²) in [6, 6.07) is 3.51. The van der Waals surface area contributed by atoms with Gasteiger partial charge in [0.25, 0.3) is 5.56 Å². The molecule has 130 valence electrons. The Bertz CT molecular complexity index is 962. The first-order chi connectivity index (χ1) is 11.9. The molecule has 3 atom stereocenters. The van der Waals surface area contributed by atoms with Gasteiger partial charge in [-0.2, -0.15) is 4.98 Å². The largest absolute Gasteiger partial charge is 0.469 e. The van der Waals surface area contributed by atoms with E-state index >= 15 is 0 Å². The highest BCUT2D eigenvalue weighted by molar-refractivity contribution is 5.80. The van der Waals surface area contributed by atoms with E-state index in [1.807, 2.05) is 11.5 Å². The minimum atomic E-state index is -0.253. The fourth-order valence-electron chi connectivity index (χ4n) is 4.44. The minimum absolute atomic E-state index is 0.119. The molecule has 25 heavy (non-hydrogen) atoms. The van der Waals surface area contributed by atoms with E-state index in [1.54, 1.807) is 18.3 Å². The van der Waals surface area contributed by atoms with E-state index in [0.29, 0.717) is 16.9 Å². The van der Waals surface area contributed by atoms with Crippen molar-refractivity contribution >= 4 is 22.7 Å². The second-order valence-corrected chi connectivity index (χ2v) is 7.30. The number of esters is 1. The number of nitrogens with zero attached hydrogens (tertiary/aromatic N) is 3. The third-order valence-electron chi connectivity index (χ3n) is 5.80. The number of carbonyl (C=O) groups excluding carboxylic acids is 1. The van der Waals surface area contributed by atoms with Gasteiger partial charge in [0, 0.05) is 23.2 Å². The molecule has 0 unspecified atom stereocenters. The van der Waals surface area contributed by atoms with Gasteiger partial charge in [0.15, 0.2) is 5.65 Å². The van der Waals surface area contributed by atoms with E-state index in [9.17, 15) is 9.59 Å². The number of hydrogen-bond acceptors (Lipinski definition) is 5. The van der Waals surface area contributed by atoms with Crippen LogP contribution in [0, 0.1) is 24.2 Å². The lowest BCUT2D eigenvalue weighted by Gasteiger charge is -2.47. The highest BCUT2D eigenvalue weighted by Crippen LogP contribution is 2.54. The first-order valence-corrected chi connectivity index (χ1v) is 8.60. The quantitative estimate of drug-likeness (QED) is 0.786. The number of hydrogen-bond donors (Lipinski definition) is 0. The van der Waals surface area contributed by atoms with Gasteiger partial charge in [0.1, 0.15) is 5.82 Å². The maximum Gasteiger partial charge on any atom is 0.309 e. The number of fused-ring (bicyclic) bond motifs is 3. The van der Waals surface area contributed by atoms with Gasteiger partial charge in [-0.25, -0.2) is 4.98 Å². The lowest BCUT2D eigenvalue weighted by molar-refractivity contribution is -0.151. The Morgan fingerprint density at radius 3 is 2.96 bits per heavy atom. The maximum absolute atomic E-state index is 12.2. The molecule has 3 aliphatic carbocycles. The van der Waals surface area contributed by atoms with Crippen molar-refractivity contribution in [2.45, 2.75) is 33.1 Å². The lowest BCUT2D eigenvalue weighted by atomic mass is 9.58. The molecule has 2 bridgehead atoms. The molecule has 2 heterocycles. The van der Waals surface area contributed by atoms with Gasteiger partial charge in [-0.15, -0.1) is 0 Å². The monoisotopic (exact) mass is 339 g/mol. The molecule has 2 aromatic heterocycles. The van der Waals surface area contributed by atoms with E-state index in [-0.39, 0.29) is 28.8 Å². The molecule has 0 saturated heterocycles. The second kappa shape index (κ2) is 5.51. The van der Waals surface area contributed by atoms with Crippen molar-refractivity contribution in [3.8, 4) is 0 Å². The molecule has 6 nitrogen and oxygen atoms in total.